The molecule has 8 heteroatoms. The number of benzene rings is 2. The van der Waals surface area contributed by atoms with Gasteiger partial charge in [-0.3, -0.25) is 9.59 Å². The van der Waals surface area contributed by atoms with Crippen molar-refractivity contribution in [1.82, 2.24) is 9.78 Å². The topological polar surface area (TPSA) is 67.2 Å². The number of nitrogens with one attached hydrogen (secondary N) is 1. The van der Waals surface area contributed by atoms with E-state index in [4.69, 9.17) is 11.6 Å². The van der Waals surface area contributed by atoms with Crippen LogP contribution in [0.15, 0.2) is 65.5 Å². The van der Waals surface area contributed by atoms with Gasteiger partial charge in [-0.05, 0) is 36.4 Å². The average molecular weight is 427 g/mol. The van der Waals surface area contributed by atoms with Crippen LogP contribution in [0, 0.1) is 0 Å². The molecule has 3 aromatic rings. The molecular formula is C21H19ClN4O2S. The van der Waals surface area contributed by atoms with E-state index in [9.17, 15) is 9.59 Å². The van der Waals surface area contributed by atoms with E-state index in [1.807, 2.05) is 30.0 Å². The predicted octanol–water partition coefficient (Wildman–Crippen LogP) is 3.69. The second-order valence-corrected chi connectivity index (χ2v) is 8.16. The van der Waals surface area contributed by atoms with Crippen LogP contribution in [0.3, 0.4) is 0 Å². The van der Waals surface area contributed by atoms with Crippen molar-refractivity contribution >= 4 is 40.6 Å². The number of carbonyl (C=O) groups is 1. The third-order valence-corrected chi connectivity index (χ3v) is 5.84. The Labute approximate surface area is 177 Å². The van der Waals surface area contributed by atoms with Gasteiger partial charge in [-0.25, -0.2) is 0 Å². The van der Waals surface area contributed by atoms with Gasteiger partial charge in [0.2, 0.25) is 0 Å². The molecule has 2 heterocycles. The number of para-hydroxylation sites is 1. The maximum absolute atomic E-state index is 12.7. The number of hydrogen-bond donors (Lipinski definition) is 1. The van der Waals surface area contributed by atoms with E-state index in [0.29, 0.717) is 16.4 Å². The van der Waals surface area contributed by atoms with E-state index in [1.54, 1.807) is 30.3 Å². The highest BCUT2D eigenvalue weighted by Gasteiger charge is 2.16. The number of amides is 1. The lowest BCUT2D eigenvalue weighted by atomic mass is 10.2. The first kappa shape index (κ1) is 19.5. The summed E-state index contributed by atoms with van der Waals surface area (Å²) in [6.07, 6.45) is 0. The van der Waals surface area contributed by atoms with E-state index in [2.05, 4.69) is 15.3 Å². The van der Waals surface area contributed by atoms with Crippen molar-refractivity contribution in [1.29, 1.82) is 0 Å². The first-order valence-corrected chi connectivity index (χ1v) is 10.7. The SMILES string of the molecule is O=C(Nc1ccc(N2CCSCC2)c(Cl)c1)c1ccc(=O)n(-c2ccccc2)n1. The summed E-state index contributed by atoms with van der Waals surface area (Å²) < 4.78 is 1.21. The minimum absolute atomic E-state index is 0.140. The van der Waals surface area contributed by atoms with Gasteiger partial charge in [0.15, 0.2) is 0 Å². The van der Waals surface area contributed by atoms with Gasteiger partial charge in [-0.1, -0.05) is 29.8 Å². The molecule has 148 valence electrons. The molecule has 0 unspecified atom stereocenters. The van der Waals surface area contributed by atoms with E-state index in [-0.39, 0.29) is 11.3 Å². The summed E-state index contributed by atoms with van der Waals surface area (Å²) in [5.41, 5.74) is 1.98. The molecular weight excluding hydrogens is 408 g/mol. The zero-order valence-electron chi connectivity index (χ0n) is 15.5. The molecule has 1 fully saturated rings. The Morgan fingerprint density at radius 2 is 1.79 bits per heavy atom. The molecule has 2 aromatic carbocycles. The number of aromatic nitrogens is 2. The van der Waals surface area contributed by atoms with Gasteiger partial charge in [0.05, 0.1) is 16.4 Å². The fourth-order valence-corrected chi connectivity index (χ4v) is 4.33. The largest absolute Gasteiger partial charge is 0.369 e. The van der Waals surface area contributed by atoms with Crippen LogP contribution in [0.5, 0.6) is 0 Å². The minimum Gasteiger partial charge on any atom is -0.369 e. The lowest BCUT2D eigenvalue weighted by molar-refractivity contribution is 0.102. The molecule has 29 heavy (non-hydrogen) atoms. The molecule has 0 aliphatic carbocycles. The molecule has 0 radical (unpaired) electrons. The van der Waals surface area contributed by atoms with Gasteiger partial charge < -0.3 is 10.2 Å². The Bertz CT molecular complexity index is 1080. The Balaban J connectivity index is 1.54. The van der Waals surface area contributed by atoms with Crippen molar-refractivity contribution < 1.29 is 4.79 Å². The van der Waals surface area contributed by atoms with Crippen LogP contribution in [0.1, 0.15) is 10.5 Å². The highest BCUT2D eigenvalue weighted by atomic mass is 35.5. The van der Waals surface area contributed by atoms with Gasteiger partial charge in [-0.15, -0.1) is 0 Å². The molecule has 1 aromatic heterocycles. The van der Waals surface area contributed by atoms with E-state index in [1.165, 1.54) is 16.8 Å². The zero-order valence-corrected chi connectivity index (χ0v) is 17.1. The third kappa shape index (κ3) is 4.46. The summed E-state index contributed by atoms with van der Waals surface area (Å²) in [5, 5.41) is 7.60. The van der Waals surface area contributed by atoms with Gasteiger partial charge in [0.25, 0.3) is 11.5 Å². The molecule has 1 N–H and O–H groups in total. The smallest absolute Gasteiger partial charge is 0.276 e. The molecule has 1 aliphatic heterocycles. The molecule has 1 aliphatic rings. The van der Waals surface area contributed by atoms with Crippen molar-refractivity contribution in [2.24, 2.45) is 0 Å². The third-order valence-electron chi connectivity index (χ3n) is 4.59. The number of anilines is 2. The van der Waals surface area contributed by atoms with Crippen molar-refractivity contribution in [2.45, 2.75) is 0 Å². The fraction of sp³-hybridized carbons (Fsp3) is 0.190. The Morgan fingerprint density at radius 1 is 1.03 bits per heavy atom. The quantitative estimate of drug-likeness (QED) is 0.689. The summed E-state index contributed by atoms with van der Waals surface area (Å²) in [7, 11) is 0. The summed E-state index contributed by atoms with van der Waals surface area (Å²) >= 11 is 8.39. The van der Waals surface area contributed by atoms with Crippen molar-refractivity contribution in [3.05, 3.63) is 81.7 Å². The molecule has 1 saturated heterocycles. The summed E-state index contributed by atoms with van der Waals surface area (Å²) in [5.74, 6) is 1.75. The Hall–Kier alpha value is -2.77. The fourth-order valence-electron chi connectivity index (χ4n) is 3.13. The van der Waals surface area contributed by atoms with Crippen LogP contribution in [0.2, 0.25) is 5.02 Å². The highest BCUT2D eigenvalue weighted by molar-refractivity contribution is 7.99. The summed E-state index contributed by atoms with van der Waals surface area (Å²) in [6.45, 7) is 1.92. The summed E-state index contributed by atoms with van der Waals surface area (Å²) in [4.78, 5) is 27.0. The normalized spacial score (nSPS) is 13.9. The molecule has 0 bridgehead atoms. The first-order chi connectivity index (χ1) is 14.1. The van der Waals surface area contributed by atoms with Crippen LogP contribution in [0.4, 0.5) is 11.4 Å². The molecule has 0 spiro atoms. The first-order valence-electron chi connectivity index (χ1n) is 9.21. The monoisotopic (exact) mass is 426 g/mol. The number of halogens is 1. The van der Waals surface area contributed by atoms with Crippen LogP contribution in [0.25, 0.3) is 5.69 Å². The molecule has 0 atom stereocenters. The highest BCUT2D eigenvalue weighted by Crippen LogP contribution is 2.30. The Morgan fingerprint density at radius 3 is 2.52 bits per heavy atom. The number of rotatable bonds is 4. The zero-order chi connectivity index (χ0) is 20.2. The maximum Gasteiger partial charge on any atom is 0.276 e. The summed E-state index contributed by atoms with van der Waals surface area (Å²) in [6, 6.07) is 17.2. The van der Waals surface area contributed by atoms with Gasteiger partial charge in [0.1, 0.15) is 5.69 Å². The van der Waals surface area contributed by atoms with Crippen LogP contribution < -0.4 is 15.8 Å². The molecule has 0 saturated carbocycles. The van der Waals surface area contributed by atoms with Crippen molar-refractivity contribution in [3.8, 4) is 5.69 Å². The lowest BCUT2D eigenvalue weighted by Crippen LogP contribution is -2.32. The number of thioether (sulfide) groups is 1. The lowest BCUT2D eigenvalue weighted by Gasteiger charge is -2.29. The average Bonchev–Trinajstić information content (AvgIpc) is 2.75. The number of carbonyl (C=O) groups excluding carboxylic acids is 1. The number of nitrogens with zero attached hydrogens (tertiary/aromatic N) is 3. The van der Waals surface area contributed by atoms with Crippen LogP contribution in [-0.4, -0.2) is 40.3 Å². The van der Waals surface area contributed by atoms with Crippen LogP contribution >= 0.6 is 23.4 Å². The standard InChI is InChI=1S/C21H19ClN4O2S/c22-17-14-15(6-8-19(17)25-10-12-29-13-11-25)23-21(28)18-7-9-20(27)26(24-18)16-4-2-1-3-5-16/h1-9,14H,10-13H2,(H,23,28). The van der Waals surface area contributed by atoms with Gasteiger partial charge in [-0.2, -0.15) is 21.5 Å². The Kier molecular flexibility index (Phi) is 5.87. The van der Waals surface area contributed by atoms with Crippen LogP contribution in [-0.2, 0) is 0 Å². The number of hydrogen-bond acceptors (Lipinski definition) is 5. The van der Waals surface area contributed by atoms with Gasteiger partial charge >= 0.3 is 0 Å². The minimum atomic E-state index is -0.409. The van der Waals surface area contributed by atoms with Crippen molar-refractivity contribution in [3.63, 3.8) is 0 Å². The second kappa shape index (κ2) is 8.71. The molecule has 4 rings (SSSR count). The van der Waals surface area contributed by atoms with E-state index < -0.39 is 5.91 Å². The maximum atomic E-state index is 12.7. The molecule has 6 nitrogen and oxygen atoms in total. The van der Waals surface area contributed by atoms with E-state index >= 15 is 0 Å². The van der Waals surface area contributed by atoms with E-state index in [0.717, 1.165) is 30.3 Å². The van der Waals surface area contributed by atoms with Crippen molar-refractivity contribution in [2.75, 3.05) is 34.8 Å². The molecule has 1 amide bonds. The predicted molar refractivity (Wildman–Crippen MR) is 119 cm³/mol. The second-order valence-electron chi connectivity index (χ2n) is 6.52. The van der Waals surface area contributed by atoms with Gasteiger partial charge in [0, 0.05) is 36.3 Å².